The van der Waals surface area contributed by atoms with Crippen LogP contribution in [0.25, 0.3) is 11.1 Å². The second-order valence-corrected chi connectivity index (χ2v) is 5.78. The Kier molecular flexibility index (Phi) is 5.48. The summed E-state index contributed by atoms with van der Waals surface area (Å²) in [6.45, 7) is 0.492. The third-order valence-corrected chi connectivity index (χ3v) is 3.91. The van der Waals surface area contributed by atoms with Gasteiger partial charge in [-0.25, -0.2) is 4.79 Å². The third-order valence-electron chi connectivity index (χ3n) is 3.91. The number of aromatic nitrogens is 1. The van der Waals surface area contributed by atoms with E-state index in [1.165, 1.54) is 4.57 Å². The van der Waals surface area contributed by atoms with Crippen LogP contribution >= 0.6 is 0 Å². The van der Waals surface area contributed by atoms with E-state index in [1.807, 2.05) is 30.3 Å². The molecule has 1 aromatic heterocycles. The molecule has 0 unspecified atom stereocenters. The van der Waals surface area contributed by atoms with Crippen LogP contribution in [0.15, 0.2) is 63.8 Å². The Morgan fingerprint density at radius 3 is 2.46 bits per heavy atom. The molecule has 2 aromatic carbocycles. The van der Waals surface area contributed by atoms with Crippen LogP contribution in [0.4, 0.5) is 0 Å². The van der Waals surface area contributed by atoms with Gasteiger partial charge in [0.15, 0.2) is 5.58 Å². The predicted octanol–water partition coefficient (Wildman–Crippen LogP) is 1.42. The maximum Gasteiger partial charge on any atom is 0.419 e. The number of nitrogens with zero attached hydrogens (tertiary/aromatic N) is 1. The van der Waals surface area contributed by atoms with Crippen LogP contribution in [0.3, 0.4) is 0 Å². The summed E-state index contributed by atoms with van der Waals surface area (Å²) in [6.07, 6.45) is 0.0788. The lowest BCUT2D eigenvalue weighted by Crippen LogP contribution is -2.37. The molecular formula is C19H19N3O4. The van der Waals surface area contributed by atoms with E-state index in [-0.39, 0.29) is 31.3 Å². The Hall–Kier alpha value is -3.35. The normalized spacial score (nSPS) is 10.6. The van der Waals surface area contributed by atoms with E-state index in [0.717, 1.165) is 5.56 Å². The zero-order valence-corrected chi connectivity index (χ0v) is 14.1. The Bertz CT molecular complexity index is 960. The van der Waals surface area contributed by atoms with E-state index < -0.39 is 5.76 Å². The van der Waals surface area contributed by atoms with Crippen LogP contribution in [-0.2, 0) is 22.7 Å². The largest absolute Gasteiger partial charge is 0.419 e. The van der Waals surface area contributed by atoms with Crippen LogP contribution in [0.5, 0.6) is 0 Å². The van der Waals surface area contributed by atoms with Gasteiger partial charge in [0.05, 0.1) is 12.1 Å². The third kappa shape index (κ3) is 4.38. The maximum atomic E-state index is 11.9. The number of benzene rings is 2. The molecule has 0 fully saturated rings. The highest BCUT2D eigenvalue weighted by molar-refractivity contribution is 5.84. The summed E-state index contributed by atoms with van der Waals surface area (Å²) in [5, 5.41) is 5.29. The van der Waals surface area contributed by atoms with Gasteiger partial charge in [0.1, 0.15) is 0 Å². The summed E-state index contributed by atoms with van der Waals surface area (Å²) in [6, 6.07) is 16.5. The highest BCUT2D eigenvalue weighted by Gasteiger charge is 2.11. The van der Waals surface area contributed by atoms with Gasteiger partial charge in [0, 0.05) is 19.5 Å². The second kappa shape index (κ2) is 8.15. The van der Waals surface area contributed by atoms with Gasteiger partial charge in [-0.15, -0.1) is 0 Å². The van der Waals surface area contributed by atoms with Crippen molar-refractivity contribution in [1.82, 2.24) is 15.2 Å². The van der Waals surface area contributed by atoms with Crippen molar-refractivity contribution in [3.05, 3.63) is 70.7 Å². The van der Waals surface area contributed by atoms with E-state index in [2.05, 4.69) is 10.6 Å². The Labute approximate surface area is 149 Å². The lowest BCUT2D eigenvalue weighted by atomic mass is 10.2. The van der Waals surface area contributed by atoms with E-state index in [4.69, 9.17) is 4.42 Å². The number of fused-ring (bicyclic) bond motifs is 1. The van der Waals surface area contributed by atoms with Gasteiger partial charge in [-0.05, 0) is 17.7 Å². The minimum Gasteiger partial charge on any atom is -0.408 e. The molecule has 0 saturated carbocycles. The molecular weight excluding hydrogens is 334 g/mol. The number of carbonyl (C=O) groups excluding carboxylic acids is 2. The fourth-order valence-corrected chi connectivity index (χ4v) is 2.57. The second-order valence-electron chi connectivity index (χ2n) is 5.78. The number of oxazole rings is 1. The van der Waals surface area contributed by atoms with Crippen molar-refractivity contribution in [2.24, 2.45) is 0 Å². The molecule has 3 rings (SSSR count). The van der Waals surface area contributed by atoms with Crippen molar-refractivity contribution in [3.8, 4) is 0 Å². The average Bonchev–Trinajstić information content (AvgIpc) is 2.99. The lowest BCUT2D eigenvalue weighted by molar-refractivity contribution is -0.126. The zero-order chi connectivity index (χ0) is 18.4. The summed E-state index contributed by atoms with van der Waals surface area (Å²) < 4.78 is 6.52. The number of nitrogens with one attached hydrogen (secondary N) is 2. The van der Waals surface area contributed by atoms with E-state index in [9.17, 15) is 14.4 Å². The summed E-state index contributed by atoms with van der Waals surface area (Å²) in [4.78, 5) is 35.6. The van der Waals surface area contributed by atoms with E-state index in [1.54, 1.807) is 24.3 Å². The molecule has 7 heteroatoms. The Morgan fingerprint density at radius 1 is 0.923 bits per heavy atom. The number of carbonyl (C=O) groups is 2. The van der Waals surface area contributed by atoms with Crippen LogP contribution in [0, 0.1) is 0 Å². The fourth-order valence-electron chi connectivity index (χ4n) is 2.57. The SMILES string of the molecule is O=C(CCn1c(=O)oc2ccccc21)NCC(=O)NCc1ccccc1. The highest BCUT2D eigenvalue weighted by atomic mass is 16.4. The van der Waals surface area contributed by atoms with Crippen LogP contribution in [-0.4, -0.2) is 22.9 Å². The van der Waals surface area contributed by atoms with Gasteiger partial charge < -0.3 is 15.1 Å². The number of amides is 2. The molecule has 0 aliphatic carbocycles. The number of hydrogen-bond acceptors (Lipinski definition) is 4. The van der Waals surface area contributed by atoms with Crippen molar-refractivity contribution in [3.63, 3.8) is 0 Å². The standard InChI is InChI=1S/C19H19N3O4/c23-17(21-13-18(24)20-12-14-6-2-1-3-7-14)10-11-22-15-8-4-5-9-16(15)26-19(22)25/h1-9H,10-13H2,(H,20,24)(H,21,23). The number of hydrogen-bond donors (Lipinski definition) is 2. The minimum atomic E-state index is -0.500. The molecule has 0 bridgehead atoms. The predicted molar refractivity (Wildman–Crippen MR) is 96.4 cm³/mol. The Balaban J connectivity index is 1.44. The van der Waals surface area contributed by atoms with Gasteiger partial charge in [-0.1, -0.05) is 42.5 Å². The molecule has 1 heterocycles. The quantitative estimate of drug-likeness (QED) is 0.672. The van der Waals surface area contributed by atoms with Crippen LogP contribution in [0.1, 0.15) is 12.0 Å². The molecule has 7 nitrogen and oxygen atoms in total. The van der Waals surface area contributed by atoms with Crippen molar-refractivity contribution < 1.29 is 14.0 Å². The molecule has 134 valence electrons. The smallest absolute Gasteiger partial charge is 0.408 e. The fraction of sp³-hybridized carbons (Fsp3) is 0.211. The van der Waals surface area contributed by atoms with E-state index in [0.29, 0.717) is 17.6 Å². The number of rotatable bonds is 7. The molecule has 0 spiro atoms. The van der Waals surface area contributed by atoms with Crippen molar-refractivity contribution in [1.29, 1.82) is 0 Å². The molecule has 3 aromatic rings. The summed E-state index contributed by atoms with van der Waals surface area (Å²) in [5.74, 6) is -1.08. The van der Waals surface area contributed by atoms with Gasteiger partial charge in [-0.2, -0.15) is 0 Å². The summed E-state index contributed by atoms with van der Waals surface area (Å²) in [5.41, 5.74) is 2.11. The molecule has 0 aliphatic rings. The molecule has 26 heavy (non-hydrogen) atoms. The first-order valence-electron chi connectivity index (χ1n) is 8.29. The van der Waals surface area contributed by atoms with Gasteiger partial charge >= 0.3 is 5.76 Å². The molecule has 0 aliphatic heterocycles. The lowest BCUT2D eigenvalue weighted by Gasteiger charge is -2.07. The molecule has 0 radical (unpaired) electrons. The zero-order valence-electron chi connectivity index (χ0n) is 14.1. The van der Waals surface area contributed by atoms with Crippen molar-refractivity contribution in [2.75, 3.05) is 6.54 Å². The van der Waals surface area contributed by atoms with Gasteiger partial charge in [0.2, 0.25) is 11.8 Å². The van der Waals surface area contributed by atoms with E-state index >= 15 is 0 Å². The van der Waals surface area contributed by atoms with Crippen LogP contribution in [0.2, 0.25) is 0 Å². The summed E-state index contributed by atoms with van der Waals surface area (Å²) in [7, 11) is 0. The number of aryl methyl sites for hydroxylation is 1. The monoisotopic (exact) mass is 353 g/mol. The van der Waals surface area contributed by atoms with Gasteiger partial charge in [-0.3, -0.25) is 14.2 Å². The highest BCUT2D eigenvalue weighted by Crippen LogP contribution is 2.11. The van der Waals surface area contributed by atoms with Crippen molar-refractivity contribution >= 4 is 22.9 Å². The molecule has 0 saturated heterocycles. The first kappa shape index (κ1) is 17.5. The number of para-hydroxylation sites is 2. The Morgan fingerprint density at radius 2 is 1.65 bits per heavy atom. The summed E-state index contributed by atoms with van der Waals surface area (Å²) >= 11 is 0. The molecule has 2 N–H and O–H groups in total. The first-order valence-corrected chi connectivity index (χ1v) is 8.29. The van der Waals surface area contributed by atoms with Crippen molar-refractivity contribution in [2.45, 2.75) is 19.5 Å². The average molecular weight is 353 g/mol. The minimum absolute atomic E-state index is 0.0788. The topological polar surface area (TPSA) is 93.3 Å². The first-order chi connectivity index (χ1) is 12.6. The van der Waals surface area contributed by atoms with Crippen LogP contribution < -0.4 is 16.4 Å². The maximum absolute atomic E-state index is 11.9. The molecule has 2 amide bonds. The van der Waals surface area contributed by atoms with Gasteiger partial charge in [0.25, 0.3) is 0 Å². The molecule has 0 atom stereocenters.